The Morgan fingerprint density at radius 1 is 1.54 bits per heavy atom. The minimum Gasteiger partial charge on any atom is -0.399 e. The number of fused-ring (bicyclic) bond motifs is 1. The maximum Gasteiger partial charge on any atom is 0.113 e. The lowest BCUT2D eigenvalue weighted by atomic mass is 10.3. The van der Waals surface area contributed by atoms with Crippen LogP contribution in [-0.4, -0.2) is 15.0 Å². The lowest BCUT2D eigenvalue weighted by Crippen LogP contribution is -1.97. The minimum absolute atomic E-state index is 0.653. The second kappa shape index (κ2) is 2.90. The Morgan fingerprint density at radius 2 is 2.38 bits per heavy atom. The SMILES string of the molecule is C=CCn1nnc2ccc(N)cc21. The molecule has 0 bridgehead atoms. The van der Waals surface area contributed by atoms with Crippen LogP contribution in [0.4, 0.5) is 5.69 Å². The van der Waals surface area contributed by atoms with Gasteiger partial charge in [-0.15, -0.1) is 11.7 Å². The molecule has 1 heterocycles. The summed E-state index contributed by atoms with van der Waals surface area (Å²) in [6, 6.07) is 5.53. The highest BCUT2D eigenvalue weighted by Gasteiger charge is 2.01. The maximum atomic E-state index is 5.65. The van der Waals surface area contributed by atoms with E-state index in [-0.39, 0.29) is 0 Å². The Labute approximate surface area is 75.7 Å². The number of nitrogens with two attached hydrogens (primary N) is 1. The predicted molar refractivity (Wildman–Crippen MR) is 52.1 cm³/mol. The number of benzene rings is 1. The molecule has 0 unspecified atom stereocenters. The number of allylic oxidation sites excluding steroid dienone is 1. The van der Waals surface area contributed by atoms with Gasteiger partial charge < -0.3 is 5.73 Å². The smallest absolute Gasteiger partial charge is 0.113 e. The average Bonchev–Trinajstić information content (AvgIpc) is 2.49. The first-order valence-corrected chi connectivity index (χ1v) is 4.01. The van der Waals surface area contributed by atoms with E-state index in [4.69, 9.17) is 5.73 Å². The van der Waals surface area contributed by atoms with E-state index in [1.165, 1.54) is 0 Å². The summed E-state index contributed by atoms with van der Waals surface area (Å²) in [6.07, 6.45) is 1.78. The molecule has 4 heteroatoms. The molecule has 1 aromatic heterocycles. The summed E-state index contributed by atoms with van der Waals surface area (Å²) in [5.74, 6) is 0. The molecule has 0 spiro atoms. The zero-order valence-corrected chi connectivity index (χ0v) is 7.14. The normalized spacial score (nSPS) is 10.5. The number of nitrogen functional groups attached to an aromatic ring is 1. The van der Waals surface area contributed by atoms with Crippen molar-refractivity contribution in [3.8, 4) is 0 Å². The molecule has 13 heavy (non-hydrogen) atoms. The van der Waals surface area contributed by atoms with Crippen molar-refractivity contribution in [3.63, 3.8) is 0 Å². The fraction of sp³-hybridized carbons (Fsp3) is 0.111. The highest BCUT2D eigenvalue weighted by molar-refractivity contribution is 5.78. The average molecular weight is 174 g/mol. The summed E-state index contributed by atoms with van der Waals surface area (Å²) in [6.45, 7) is 4.30. The van der Waals surface area contributed by atoms with Crippen molar-refractivity contribution in [2.45, 2.75) is 6.54 Å². The highest BCUT2D eigenvalue weighted by Crippen LogP contribution is 2.14. The van der Waals surface area contributed by atoms with E-state index < -0.39 is 0 Å². The van der Waals surface area contributed by atoms with Gasteiger partial charge in [-0.2, -0.15) is 0 Å². The van der Waals surface area contributed by atoms with Crippen LogP contribution in [0.25, 0.3) is 11.0 Å². The second-order valence-electron chi connectivity index (χ2n) is 2.81. The zero-order chi connectivity index (χ0) is 9.26. The minimum atomic E-state index is 0.653. The molecular weight excluding hydrogens is 164 g/mol. The van der Waals surface area contributed by atoms with Gasteiger partial charge in [-0.05, 0) is 18.2 Å². The van der Waals surface area contributed by atoms with Gasteiger partial charge in [0.15, 0.2) is 0 Å². The summed E-state index contributed by atoms with van der Waals surface area (Å²) >= 11 is 0. The number of nitrogens with zero attached hydrogens (tertiary/aromatic N) is 3. The second-order valence-corrected chi connectivity index (χ2v) is 2.81. The van der Waals surface area contributed by atoms with Crippen molar-refractivity contribution in [1.29, 1.82) is 0 Å². The van der Waals surface area contributed by atoms with Crippen LogP contribution in [0, 0.1) is 0 Å². The molecule has 0 saturated carbocycles. The Balaban J connectivity index is 2.64. The molecule has 2 aromatic rings. The van der Waals surface area contributed by atoms with Crippen LogP contribution in [0.3, 0.4) is 0 Å². The Bertz CT molecular complexity index is 444. The Kier molecular flexibility index (Phi) is 1.73. The van der Waals surface area contributed by atoms with Gasteiger partial charge in [0, 0.05) is 5.69 Å². The van der Waals surface area contributed by atoms with Crippen LogP contribution < -0.4 is 5.73 Å². The molecule has 66 valence electrons. The number of anilines is 1. The van der Waals surface area contributed by atoms with Gasteiger partial charge in [0.25, 0.3) is 0 Å². The molecule has 0 amide bonds. The monoisotopic (exact) mass is 174 g/mol. The number of hydrogen-bond acceptors (Lipinski definition) is 3. The maximum absolute atomic E-state index is 5.65. The quantitative estimate of drug-likeness (QED) is 0.549. The van der Waals surface area contributed by atoms with E-state index in [1.54, 1.807) is 10.8 Å². The molecule has 4 nitrogen and oxygen atoms in total. The van der Waals surface area contributed by atoms with Crippen LogP contribution in [-0.2, 0) is 6.54 Å². The van der Waals surface area contributed by atoms with Crippen molar-refractivity contribution in [3.05, 3.63) is 30.9 Å². The molecule has 2 rings (SSSR count). The lowest BCUT2D eigenvalue weighted by molar-refractivity contribution is 0.683. The number of rotatable bonds is 2. The third-order valence-corrected chi connectivity index (χ3v) is 1.84. The standard InChI is InChI=1S/C9H10N4/c1-2-5-13-9-6-7(10)3-4-8(9)11-12-13/h2-4,6H,1,5,10H2. The van der Waals surface area contributed by atoms with Crippen LogP contribution >= 0.6 is 0 Å². The van der Waals surface area contributed by atoms with Crippen molar-refractivity contribution in [2.24, 2.45) is 0 Å². The molecule has 2 N–H and O–H groups in total. The topological polar surface area (TPSA) is 56.7 Å². The first kappa shape index (κ1) is 7.79. The zero-order valence-electron chi connectivity index (χ0n) is 7.14. The van der Waals surface area contributed by atoms with E-state index in [9.17, 15) is 0 Å². The summed E-state index contributed by atoms with van der Waals surface area (Å²) < 4.78 is 1.76. The third-order valence-electron chi connectivity index (χ3n) is 1.84. The highest BCUT2D eigenvalue weighted by atomic mass is 15.4. The largest absolute Gasteiger partial charge is 0.399 e. The molecule has 0 radical (unpaired) electrons. The van der Waals surface area contributed by atoms with Crippen molar-refractivity contribution in [1.82, 2.24) is 15.0 Å². The molecule has 0 aliphatic heterocycles. The van der Waals surface area contributed by atoms with Gasteiger partial charge in [-0.1, -0.05) is 11.3 Å². The number of aromatic nitrogens is 3. The van der Waals surface area contributed by atoms with E-state index in [0.717, 1.165) is 16.7 Å². The fourth-order valence-electron chi connectivity index (χ4n) is 1.24. The van der Waals surface area contributed by atoms with Gasteiger partial charge in [0.1, 0.15) is 5.52 Å². The van der Waals surface area contributed by atoms with Crippen molar-refractivity contribution in [2.75, 3.05) is 5.73 Å². The van der Waals surface area contributed by atoms with Gasteiger partial charge in [-0.25, -0.2) is 4.68 Å². The van der Waals surface area contributed by atoms with Crippen LogP contribution in [0.2, 0.25) is 0 Å². The van der Waals surface area contributed by atoms with Gasteiger partial charge in [-0.3, -0.25) is 0 Å². The summed E-state index contributed by atoms with van der Waals surface area (Å²) in [4.78, 5) is 0. The number of hydrogen-bond donors (Lipinski definition) is 1. The van der Waals surface area contributed by atoms with Crippen LogP contribution in [0.5, 0.6) is 0 Å². The van der Waals surface area contributed by atoms with E-state index >= 15 is 0 Å². The summed E-state index contributed by atoms with van der Waals surface area (Å²) in [5, 5.41) is 7.95. The predicted octanol–water partition coefficient (Wildman–Crippen LogP) is 1.20. The van der Waals surface area contributed by atoms with E-state index in [2.05, 4.69) is 16.9 Å². The first-order valence-electron chi connectivity index (χ1n) is 4.01. The first-order chi connectivity index (χ1) is 6.31. The summed E-state index contributed by atoms with van der Waals surface area (Å²) in [7, 11) is 0. The Morgan fingerprint density at radius 3 is 3.15 bits per heavy atom. The molecule has 0 atom stereocenters. The van der Waals surface area contributed by atoms with Crippen molar-refractivity contribution < 1.29 is 0 Å². The van der Waals surface area contributed by atoms with Crippen molar-refractivity contribution >= 4 is 16.7 Å². The van der Waals surface area contributed by atoms with Gasteiger partial charge in [0.2, 0.25) is 0 Å². The fourth-order valence-corrected chi connectivity index (χ4v) is 1.24. The molecular formula is C9H10N4. The summed E-state index contributed by atoms with van der Waals surface area (Å²) in [5.41, 5.74) is 8.18. The van der Waals surface area contributed by atoms with Gasteiger partial charge in [0.05, 0.1) is 12.1 Å². The lowest BCUT2D eigenvalue weighted by Gasteiger charge is -1.97. The molecule has 0 aliphatic rings. The van der Waals surface area contributed by atoms with E-state index in [0.29, 0.717) is 6.54 Å². The van der Waals surface area contributed by atoms with Crippen LogP contribution in [0.15, 0.2) is 30.9 Å². The van der Waals surface area contributed by atoms with Gasteiger partial charge >= 0.3 is 0 Å². The van der Waals surface area contributed by atoms with E-state index in [1.807, 2.05) is 18.2 Å². The van der Waals surface area contributed by atoms with Crippen LogP contribution in [0.1, 0.15) is 0 Å². The molecule has 1 aromatic carbocycles. The molecule has 0 saturated heterocycles. The molecule has 0 fully saturated rings. The molecule has 0 aliphatic carbocycles. The Hall–Kier alpha value is -1.84. The third kappa shape index (κ3) is 1.26.